The van der Waals surface area contributed by atoms with Crippen LogP contribution in [0.5, 0.6) is 5.75 Å². The number of nitrogens with zero attached hydrogens (tertiary/aromatic N) is 3. The van der Waals surface area contributed by atoms with Gasteiger partial charge in [0, 0.05) is 24.4 Å². The summed E-state index contributed by atoms with van der Waals surface area (Å²) < 4.78 is 44.9. The highest BCUT2D eigenvalue weighted by Crippen LogP contribution is 2.37. The average Bonchev–Trinajstić information content (AvgIpc) is 3.27. The number of ether oxygens (including phenoxy) is 1. The molecule has 1 aromatic heterocycles. The molecule has 2 aliphatic rings. The van der Waals surface area contributed by atoms with Crippen LogP contribution < -0.4 is 9.64 Å². The standard InChI is InChI=1S/C25H20F3N3O3/c26-25(27,28)18-9-7-17(8-10-18)23(32)31-15-19-12-21(31)24(33)30(14-16-4-3-11-29-13-16)20-5-1-2-6-22(20)34-19/h1-11,13,19,21H,12,14-15H2. The number of alkyl halides is 3. The lowest BCUT2D eigenvalue weighted by atomic mass is 10.1. The number of aromatic nitrogens is 1. The van der Waals surface area contributed by atoms with Gasteiger partial charge in [-0.15, -0.1) is 0 Å². The number of carbonyl (C=O) groups excluding carboxylic acids is 2. The highest BCUT2D eigenvalue weighted by Gasteiger charge is 2.45. The number of para-hydroxylation sites is 2. The molecule has 5 rings (SSSR count). The van der Waals surface area contributed by atoms with Crippen LogP contribution in [-0.4, -0.2) is 40.4 Å². The molecule has 174 valence electrons. The number of fused-ring (bicyclic) bond motifs is 3. The summed E-state index contributed by atoms with van der Waals surface area (Å²) in [5.41, 5.74) is 0.647. The molecule has 2 aliphatic heterocycles. The summed E-state index contributed by atoms with van der Waals surface area (Å²) >= 11 is 0. The molecule has 0 spiro atoms. The third-order valence-electron chi connectivity index (χ3n) is 6.05. The van der Waals surface area contributed by atoms with Gasteiger partial charge in [-0.25, -0.2) is 0 Å². The van der Waals surface area contributed by atoms with Crippen LogP contribution in [0, 0.1) is 0 Å². The Morgan fingerprint density at radius 3 is 2.53 bits per heavy atom. The Morgan fingerprint density at radius 1 is 1.06 bits per heavy atom. The molecule has 2 bridgehead atoms. The molecule has 6 nitrogen and oxygen atoms in total. The monoisotopic (exact) mass is 467 g/mol. The minimum absolute atomic E-state index is 0.0852. The maximum absolute atomic E-state index is 13.8. The van der Waals surface area contributed by atoms with E-state index in [0.29, 0.717) is 17.9 Å². The van der Waals surface area contributed by atoms with Crippen molar-refractivity contribution < 1.29 is 27.5 Å². The van der Waals surface area contributed by atoms with Crippen LogP contribution in [0.25, 0.3) is 0 Å². The van der Waals surface area contributed by atoms with Crippen molar-refractivity contribution in [2.75, 3.05) is 11.4 Å². The lowest BCUT2D eigenvalue weighted by Crippen LogP contribution is -2.47. The van der Waals surface area contributed by atoms with Gasteiger partial charge in [-0.3, -0.25) is 14.6 Å². The number of halogens is 3. The van der Waals surface area contributed by atoms with Crippen LogP contribution in [0.1, 0.15) is 27.9 Å². The summed E-state index contributed by atoms with van der Waals surface area (Å²) in [6, 6.07) is 14.0. The van der Waals surface area contributed by atoms with Crippen LogP contribution in [0.2, 0.25) is 0 Å². The van der Waals surface area contributed by atoms with E-state index >= 15 is 0 Å². The first kappa shape index (κ1) is 21.9. The first-order chi connectivity index (χ1) is 16.3. The molecular weight excluding hydrogens is 447 g/mol. The molecule has 2 atom stereocenters. The molecular formula is C25H20F3N3O3. The zero-order chi connectivity index (χ0) is 23.9. The molecule has 1 saturated heterocycles. The van der Waals surface area contributed by atoms with Gasteiger partial charge in [-0.1, -0.05) is 18.2 Å². The van der Waals surface area contributed by atoms with Gasteiger partial charge in [0.05, 0.1) is 24.3 Å². The quantitative estimate of drug-likeness (QED) is 0.576. The molecule has 34 heavy (non-hydrogen) atoms. The Hall–Kier alpha value is -3.88. The van der Waals surface area contributed by atoms with Gasteiger partial charge in [0.15, 0.2) is 0 Å². The van der Waals surface area contributed by atoms with E-state index in [9.17, 15) is 22.8 Å². The first-order valence-corrected chi connectivity index (χ1v) is 10.8. The molecule has 2 aromatic carbocycles. The largest absolute Gasteiger partial charge is 0.486 e. The minimum Gasteiger partial charge on any atom is -0.486 e. The van der Waals surface area contributed by atoms with Crippen molar-refractivity contribution in [1.29, 1.82) is 0 Å². The van der Waals surface area contributed by atoms with Gasteiger partial charge in [0.25, 0.3) is 5.91 Å². The molecule has 3 aromatic rings. The van der Waals surface area contributed by atoms with Crippen molar-refractivity contribution in [2.24, 2.45) is 0 Å². The van der Waals surface area contributed by atoms with E-state index in [0.717, 1.165) is 29.8 Å². The smallest absolute Gasteiger partial charge is 0.416 e. The number of benzene rings is 2. The van der Waals surface area contributed by atoms with Crippen LogP contribution >= 0.6 is 0 Å². The molecule has 0 aliphatic carbocycles. The van der Waals surface area contributed by atoms with Gasteiger partial charge in [-0.05, 0) is 48.0 Å². The highest BCUT2D eigenvalue weighted by atomic mass is 19.4. The second kappa shape index (κ2) is 8.48. The van der Waals surface area contributed by atoms with Gasteiger partial charge in [-0.2, -0.15) is 13.2 Å². The van der Waals surface area contributed by atoms with Crippen molar-refractivity contribution >= 4 is 17.5 Å². The van der Waals surface area contributed by atoms with Crippen molar-refractivity contribution in [1.82, 2.24) is 9.88 Å². The molecule has 0 saturated carbocycles. The van der Waals surface area contributed by atoms with E-state index in [1.807, 2.05) is 12.1 Å². The lowest BCUT2D eigenvalue weighted by Gasteiger charge is -2.31. The topological polar surface area (TPSA) is 62.7 Å². The maximum Gasteiger partial charge on any atom is 0.416 e. The second-order valence-electron chi connectivity index (χ2n) is 8.28. The van der Waals surface area contributed by atoms with Crippen LogP contribution in [0.4, 0.5) is 18.9 Å². The summed E-state index contributed by atoms with van der Waals surface area (Å²) in [5.74, 6) is -0.250. The predicted molar refractivity (Wildman–Crippen MR) is 117 cm³/mol. The molecule has 0 radical (unpaired) electrons. The summed E-state index contributed by atoms with van der Waals surface area (Å²) in [6.45, 7) is 0.391. The average molecular weight is 467 g/mol. The zero-order valence-corrected chi connectivity index (χ0v) is 17.9. The number of pyridine rings is 1. The Labute approximate surface area is 193 Å². The number of anilines is 1. The molecule has 2 amide bonds. The molecule has 1 fully saturated rings. The second-order valence-corrected chi connectivity index (χ2v) is 8.28. The lowest BCUT2D eigenvalue weighted by molar-refractivity contribution is -0.137. The fourth-order valence-electron chi connectivity index (χ4n) is 4.40. The fraction of sp³-hybridized carbons (Fsp3) is 0.240. The van der Waals surface area contributed by atoms with Gasteiger partial charge < -0.3 is 14.5 Å². The summed E-state index contributed by atoms with van der Waals surface area (Å²) in [4.78, 5) is 34.1. The zero-order valence-electron chi connectivity index (χ0n) is 17.9. The van der Waals surface area contributed by atoms with Gasteiger partial charge >= 0.3 is 6.18 Å². The SMILES string of the molecule is O=C1C2CC(CN2C(=O)c2ccc(C(F)(F)F)cc2)Oc2ccccc2N1Cc1cccnc1. The molecule has 3 heterocycles. The normalized spacial score (nSPS) is 19.8. The molecule has 2 unspecified atom stereocenters. The Balaban J connectivity index is 1.47. The number of rotatable bonds is 3. The fourth-order valence-corrected chi connectivity index (χ4v) is 4.40. The third kappa shape index (κ3) is 4.09. The Morgan fingerprint density at radius 2 is 1.82 bits per heavy atom. The van der Waals surface area contributed by atoms with Crippen LogP contribution in [0.15, 0.2) is 73.1 Å². The number of carbonyl (C=O) groups is 2. The van der Waals surface area contributed by atoms with Crippen molar-refractivity contribution in [2.45, 2.75) is 31.3 Å². The first-order valence-electron chi connectivity index (χ1n) is 10.8. The van der Waals surface area contributed by atoms with Gasteiger partial charge in [0.2, 0.25) is 5.91 Å². The van der Waals surface area contributed by atoms with E-state index in [1.54, 1.807) is 41.6 Å². The third-order valence-corrected chi connectivity index (χ3v) is 6.05. The number of amides is 2. The minimum atomic E-state index is -4.50. The van der Waals surface area contributed by atoms with Crippen molar-refractivity contribution in [3.8, 4) is 5.75 Å². The number of hydrogen-bond acceptors (Lipinski definition) is 4. The molecule has 9 heteroatoms. The Kier molecular flexibility index (Phi) is 5.47. The van der Waals surface area contributed by atoms with E-state index in [4.69, 9.17) is 4.74 Å². The van der Waals surface area contributed by atoms with Crippen molar-refractivity contribution in [3.05, 3.63) is 89.7 Å². The van der Waals surface area contributed by atoms with Crippen LogP contribution in [-0.2, 0) is 17.5 Å². The maximum atomic E-state index is 13.8. The Bertz CT molecular complexity index is 1220. The summed E-state index contributed by atoms with van der Waals surface area (Å²) in [5, 5.41) is 0. The molecule has 0 N–H and O–H groups in total. The van der Waals surface area contributed by atoms with Gasteiger partial charge in [0.1, 0.15) is 17.9 Å². The van der Waals surface area contributed by atoms with E-state index in [-0.39, 0.29) is 24.6 Å². The number of likely N-dealkylation sites (tertiary alicyclic amines) is 1. The number of hydrogen-bond donors (Lipinski definition) is 0. The van der Waals surface area contributed by atoms with E-state index in [2.05, 4.69) is 4.98 Å². The summed E-state index contributed by atoms with van der Waals surface area (Å²) in [6.07, 6.45) is -1.30. The summed E-state index contributed by atoms with van der Waals surface area (Å²) in [7, 11) is 0. The van der Waals surface area contributed by atoms with E-state index in [1.165, 1.54) is 4.90 Å². The van der Waals surface area contributed by atoms with E-state index < -0.39 is 29.8 Å². The van der Waals surface area contributed by atoms with Crippen molar-refractivity contribution in [3.63, 3.8) is 0 Å². The predicted octanol–water partition coefficient (Wildman–Crippen LogP) is 4.31. The highest BCUT2D eigenvalue weighted by molar-refractivity contribution is 6.03. The van der Waals surface area contributed by atoms with Crippen LogP contribution in [0.3, 0.4) is 0 Å².